The number of hydrogen-bond donors (Lipinski definition) is 4. The van der Waals surface area contributed by atoms with Crippen molar-refractivity contribution in [1.82, 2.24) is 15.2 Å². The lowest BCUT2D eigenvalue weighted by molar-refractivity contribution is 0.100. The van der Waals surface area contributed by atoms with Crippen LogP contribution in [0.3, 0.4) is 0 Å². The third-order valence-electron chi connectivity index (χ3n) is 6.28. The number of carbonyl (C=O) groups excluding carboxylic acids is 1. The Morgan fingerprint density at radius 1 is 1.05 bits per heavy atom. The first kappa shape index (κ1) is 28.4. The van der Waals surface area contributed by atoms with Crippen LogP contribution in [0.1, 0.15) is 15.9 Å². The van der Waals surface area contributed by atoms with Crippen LogP contribution in [0.5, 0.6) is 0 Å². The number of carbonyl (C=O) groups is 1. The minimum atomic E-state index is -2.07. The number of benzene rings is 2. The topological polar surface area (TPSA) is 139 Å². The van der Waals surface area contributed by atoms with E-state index in [9.17, 15) is 22.3 Å². The predicted molar refractivity (Wildman–Crippen MR) is 147 cm³/mol. The molecule has 10 nitrogen and oxygen atoms in total. The molecule has 39 heavy (non-hydrogen) atoms. The molecule has 2 aromatic carbocycles. The highest BCUT2D eigenvalue weighted by molar-refractivity contribution is 7.79. The molecule has 208 valence electrons. The summed E-state index contributed by atoms with van der Waals surface area (Å²) in [6.45, 7) is 5.00. The summed E-state index contributed by atoms with van der Waals surface area (Å²) >= 11 is -2.07. The molecule has 5 N–H and O–H groups in total. The van der Waals surface area contributed by atoms with E-state index in [1.807, 2.05) is 24.3 Å². The van der Waals surface area contributed by atoms with E-state index in [1.165, 1.54) is 18.3 Å². The average Bonchev–Trinajstić information content (AvgIpc) is 2.90. The van der Waals surface area contributed by atoms with Crippen LogP contribution in [-0.2, 0) is 17.6 Å². The van der Waals surface area contributed by atoms with Gasteiger partial charge < -0.3 is 31.1 Å². The molecule has 0 aliphatic carbocycles. The fourth-order valence-corrected chi connectivity index (χ4v) is 4.61. The van der Waals surface area contributed by atoms with Gasteiger partial charge in [-0.25, -0.2) is 13.8 Å². The van der Waals surface area contributed by atoms with Crippen LogP contribution in [0, 0.1) is 11.6 Å². The van der Waals surface area contributed by atoms with E-state index in [2.05, 4.69) is 30.7 Å². The molecule has 2 heterocycles. The molecule has 0 spiro atoms. The van der Waals surface area contributed by atoms with E-state index < -0.39 is 28.6 Å². The fraction of sp³-hybridized carbons (Fsp3) is 0.308. The van der Waals surface area contributed by atoms with Crippen molar-refractivity contribution in [2.24, 2.45) is 5.73 Å². The molecular weight excluding hydrogens is 528 g/mol. The lowest BCUT2D eigenvalue weighted by Gasteiger charge is -2.36. The van der Waals surface area contributed by atoms with Crippen molar-refractivity contribution in [3.63, 3.8) is 0 Å². The van der Waals surface area contributed by atoms with Gasteiger partial charge in [-0.1, -0.05) is 0 Å². The summed E-state index contributed by atoms with van der Waals surface area (Å²) in [6, 6.07) is 12.7. The van der Waals surface area contributed by atoms with Crippen molar-refractivity contribution in [1.29, 1.82) is 0 Å². The van der Waals surface area contributed by atoms with Crippen LogP contribution < -0.4 is 26.6 Å². The molecule has 13 heteroatoms. The van der Waals surface area contributed by atoms with Gasteiger partial charge in [0, 0.05) is 75.5 Å². The van der Waals surface area contributed by atoms with Gasteiger partial charge in [-0.3, -0.25) is 13.9 Å². The Hall–Kier alpha value is -3.65. The second-order valence-electron chi connectivity index (χ2n) is 9.06. The number of nitrogens with zero attached hydrogens (tertiary/aromatic N) is 3. The van der Waals surface area contributed by atoms with Gasteiger partial charge in [-0.2, -0.15) is 0 Å². The SMILES string of the molecule is NC(=O)c1cnc(Nc2ccc(N3CCN(CCNCS(=O)[O-])CC3)cc2)cc1NCc1cc(F)cc(F)c1. The Balaban J connectivity index is 1.34. The molecule has 1 atom stereocenters. The maximum Gasteiger partial charge on any atom is 0.252 e. The van der Waals surface area contributed by atoms with Crippen LogP contribution in [0.2, 0.25) is 0 Å². The second kappa shape index (κ2) is 13.4. The number of rotatable bonds is 12. The van der Waals surface area contributed by atoms with Gasteiger partial charge in [0.1, 0.15) is 17.5 Å². The molecule has 3 aromatic rings. The number of halogens is 2. The Kier molecular flexibility index (Phi) is 9.76. The number of primary amides is 1. The Morgan fingerprint density at radius 3 is 2.38 bits per heavy atom. The predicted octanol–water partition coefficient (Wildman–Crippen LogP) is 2.36. The maximum absolute atomic E-state index is 13.5. The zero-order chi connectivity index (χ0) is 27.8. The summed E-state index contributed by atoms with van der Waals surface area (Å²) < 4.78 is 48.2. The quantitative estimate of drug-likeness (QED) is 0.195. The van der Waals surface area contributed by atoms with E-state index in [-0.39, 0.29) is 18.0 Å². The van der Waals surface area contributed by atoms with Gasteiger partial charge in [0.2, 0.25) is 0 Å². The number of nitrogens with one attached hydrogen (secondary N) is 3. The number of nitrogens with two attached hydrogens (primary N) is 1. The average molecular weight is 559 g/mol. The van der Waals surface area contributed by atoms with E-state index >= 15 is 0 Å². The first-order valence-corrected chi connectivity index (χ1v) is 13.6. The smallest absolute Gasteiger partial charge is 0.252 e. The van der Waals surface area contributed by atoms with Crippen molar-refractivity contribution in [2.45, 2.75) is 6.54 Å². The van der Waals surface area contributed by atoms with Crippen LogP contribution in [0.4, 0.5) is 31.7 Å². The molecule has 1 aliphatic rings. The lowest BCUT2D eigenvalue weighted by Crippen LogP contribution is -2.48. The number of aromatic nitrogens is 1. The highest BCUT2D eigenvalue weighted by Crippen LogP contribution is 2.25. The van der Waals surface area contributed by atoms with Crippen molar-refractivity contribution >= 4 is 39.9 Å². The summed E-state index contributed by atoms with van der Waals surface area (Å²) in [5, 5.41) is 9.11. The molecule has 1 aromatic heterocycles. The summed E-state index contributed by atoms with van der Waals surface area (Å²) in [4.78, 5) is 20.7. The monoisotopic (exact) mass is 558 g/mol. The van der Waals surface area contributed by atoms with E-state index in [1.54, 1.807) is 6.07 Å². The Bertz CT molecular complexity index is 1280. The molecule has 1 unspecified atom stereocenters. The minimum absolute atomic E-state index is 0.0287. The van der Waals surface area contributed by atoms with Gasteiger partial charge in [-0.15, -0.1) is 0 Å². The zero-order valence-electron chi connectivity index (χ0n) is 21.2. The number of pyridine rings is 1. The van der Waals surface area contributed by atoms with Gasteiger partial charge in [0.15, 0.2) is 0 Å². The van der Waals surface area contributed by atoms with Gasteiger partial charge in [0.25, 0.3) is 5.91 Å². The normalized spacial score (nSPS) is 14.7. The van der Waals surface area contributed by atoms with Crippen molar-refractivity contribution in [3.05, 3.63) is 77.5 Å². The standard InChI is InChI=1S/C26H31F2N7O3S/c27-19-11-18(12-20(28)13-19)15-31-24-14-25(32-16-23(24)26(29)36)33-21-1-3-22(4-2-21)35-9-7-34(8-10-35)6-5-30-17-39(37)38/h1-4,11-14,16,30H,5-10,15,17H2,(H2,29,36)(H,37,38)(H2,31,32,33)/p-1. The fourth-order valence-electron chi connectivity index (χ4n) is 4.30. The summed E-state index contributed by atoms with van der Waals surface area (Å²) in [7, 11) is 0. The first-order chi connectivity index (χ1) is 18.8. The number of hydrogen-bond acceptors (Lipinski definition) is 9. The van der Waals surface area contributed by atoms with E-state index in [0.29, 0.717) is 23.6 Å². The van der Waals surface area contributed by atoms with Crippen LogP contribution >= 0.6 is 0 Å². The minimum Gasteiger partial charge on any atom is -0.771 e. The van der Waals surface area contributed by atoms with Gasteiger partial charge in [0.05, 0.1) is 17.1 Å². The summed E-state index contributed by atoms with van der Waals surface area (Å²) in [5.74, 6) is -1.62. The van der Waals surface area contributed by atoms with Crippen LogP contribution in [0.25, 0.3) is 0 Å². The first-order valence-electron chi connectivity index (χ1n) is 12.4. The number of anilines is 4. The van der Waals surface area contributed by atoms with Crippen molar-refractivity contribution in [2.75, 3.05) is 60.7 Å². The van der Waals surface area contributed by atoms with Crippen molar-refractivity contribution < 1.29 is 22.3 Å². The molecule has 0 radical (unpaired) electrons. The Morgan fingerprint density at radius 2 is 1.74 bits per heavy atom. The second-order valence-corrected chi connectivity index (χ2v) is 9.96. The third kappa shape index (κ3) is 8.42. The summed E-state index contributed by atoms with van der Waals surface area (Å²) in [5.41, 5.74) is 8.27. The molecule has 4 rings (SSSR count). The van der Waals surface area contributed by atoms with E-state index in [0.717, 1.165) is 50.2 Å². The van der Waals surface area contributed by atoms with E-state index in [4.69, 9.17) is 5.73 Å². The summed E-state index contributed by atoms with van der Waals surface area (Å²) in [6.07, 6.45) is 1.35. The highest BCUT2D eigenvalue weighted by atomic mass is 32.2. The highest BCUT2D eigenvalue weighted by Gasteiger charge is 2.17. The largest absolute Gasteiger partial charge is 0.771 e. The lowest BCUT2D eigenvalue weighted by atomic mass is 10.1. The third-order valence-corrected chi connectivity index (χ3v) is 6.72. The number of amides is 1. The number of piperazine rings is 1. The van der Waals surface area contributed by atoms with Crippen molar-refractivity contribution in [3.8, 4) is 0 Å². The van der Waals surface area contributed by atoms with Gasteiger partial charge in [-0.05, 0) is 53.0 Å². The maximum atomic E-state index is 13.5. The molecule has 1 fully saturated rings. The molecule has 1 aliphatic heterocycles. The molecule has 0 saturated carbocycles. The molecular formula is C26H30F2N7O3S-. The zero-order valence-corrected chi connectivity index (χ0v) is 22.0. The van der Waals surface area contributed by atoms with Gasteiger partial charge >= 0.3 is 0 Å². The molecule has 1 amide bonds. The van der Waals surface area contributed by atoms with Crippen LogP contribution in [-0.4, -0.2) is 69.7 Å². The molecule has 1 saturated heterocycles. The molecule has 0 bridgehead atoms. The van der Waals surface area contributed by atoms with Crippen LogP contribution in [0.15, 0.2) is 54.7 Å². The Labute approximate surface area is 227 Å².